The molecule has 0 spiro atoms. The fourth-order valence-corrected chi connectivity index (χ4v) is 3.17. The first-order chi connectivity index (χ1) is 10.8. The Balaban J connectivity index is 2.11. The molecule has 0 amide bonds. The molecule has 2 aromatic rings. The minimum Gasteiger partial charge on any atom is -0.346 e. The standard InChI is InChI=1S/C20H24O2/c1-3-13-21-20(22-14-4-2)15-16-9-5-6-10-17(16)18-11-7-8-12-19(18)20/h5-12H,3-4,13-15H2,1-2H3. The molecular weight excluding hydrogens is 272 g/mol. The smallest absolute Gasteiger partial charge is 0.199 e. The minimum atomic E-state index is -0.642. The van der Waals surface area contributed by atoms with Crippen LogP contribution in [0, 0.1) is 0 Å². The predicted octanol–water partition coefficient (Wildman–Crippen LogP) is 4.92. The van der Waals surface area contributed by atoms with Gasteiger partial charge in [-0.2, -0.15) is 0 Å². The molecule has 0 saturated heterocycles. The summed E-state index contributed by atoms with van der Waals surface area (Å²) < 4.78 is 12.6. The van der Waals surface area contributed by atoms with Gasteiger partial charge in [0.05, 0.1) is 13.2 Å². The molecule has 0 aromatic heterocycles. The van der Waals surface area contributed by atoms with Crippen molar-refractivity contribution in [3.05, 3.63) is 59.7 Å². The van der Waals surface area contributed by atoms with Crippen molar-refractivity contribution >= 4 is 0 Å². The lowest BCUT2D eigenvalue weighted by atomic mass is 9.81. The Labute approximate surface area is 133 Å². The van der Waals surface area contributed by atoms with E-state index in [1.165, 1.54) is 16.7 Å². The van der Waals surface area contributed by atoms with Gasteiger partial charge in [0.1, 0.15) is 0 Å². The minimum absolute atomic E-state index is 0.642. The molecule has 1 aliphatic rings. The molecule has 0 atom stereocenters. The van der Waals surface area contributed by atoms with Crippen LogP contribution in [0.5, 0.6) is 0 Å². The summed E-state index contributed by atoms with van der Waals surface area (Å²) in [5, 5.41) is 0. The Morgan fingerprint density at radius 3 is 2.09 bits per heavy atom. The zero-order valence-electron chi connectivity index (χ0n) is 13.5. The number of rotatable bonds is 6. The van der Waals surface area contributed by atoms with E-state index in [1.807, 2.05) is 0 Å². The summed E-state index contributed by atoms with van der Waals surface area (Å²) in [7, 11) is 0. The van der Waals surface area contributed by atoms with Crippen LogP contribution in [-0.4, -0.2) is 13.2 Å². The van der Waals surface area contributed by atoms with Crippen LogP contribution >= 0.6 is 0 Å². The van der Waals surface area contributed by atoms with E-state index in [9.17, 15) is 0 Å². The van der Waals surface area contributed by atoms with E-state index in [0.29, 0.717) is 13.2 Å². The molecule has 0 bridgehead atoms. The second-order valence-corrected chi connectivity index (χ2v) is 5.83. The summed E-state index contributed by atoms with van der Waals surface area (Å²) in [6.07, 6.45) is 2.75. The summed E-state index contributed by atoms with van der Waals surface area (Å²) in [6, 6.07) is 17.1. The largest absolute Gasteiger partial charge is 0.346 e. The van der Waals surface area contributed by atoms with Crippen molar-refractivity contribution in [2.75, 3.05) is 13.2 Å². The summed E-state index contributed by atoms with van der Waals surface area (Å²) in [6.45, 7) is 5.69. The van der Waals surface area contributed by atoms with E-state index in [1.54, 1.807) is 0 Å². The molecule has 1 aliphatic carbocycles. The van der Waals surface area contributed by atoms with E-state index >= 15 is 0 Å². The summed E-state index contributed by atoms with van der Waals surface area (Å²) in [4.78, 5) is 0. The Morgan fingerprint density at radius 1 is 0.818 bits per heavy atom. The maximum absolute atomic E-state index is 6.28. The van der Waals surface area contributed by atoms with Gasteiger partial charge in [-0.25, -0.2) is 0 Å². The zero-order valence-corrected chi connectivity index (χ0v) is 13.5. The molecule has 0 unspecified atom stereocenters. The summed E-state index contributed by atoms with van der Waals surface area (Å²) >= 11 is 0. The molecule has 0 aliphatic heterocycles. The van der Waals surface area contributed by atoms with Gasteiger partial charge in [-0.3, -0.25) is 0 Å². The molecule has 0 N–H and O–H groups in total. The Kier molecular flexibility index (Phi) is 4.60. The highest BCUT2D eigenvalue weighted by Gasteiger charge is 2.40. The third-order valence-electron chi connectivity index (χ3n) is 4.15. The maximum Gasteiger partial charge on any atom is 0.199 e. The van der Waals surface area contributed by atoms with Crippen molar-refractivity contribution < 1.29 is 9.47 Å². The lowest BCUT2D eigenvalue weighted by Gasteiger charge is -2.39. The maximum atomic E-state index is 6.28. The van der Waals surface area contributed by atoms with Gasteiger partial charge in [0.25, 0.3) is 0 Å². The molecule has 116 valence electrons. The first-order valence-corrected chi connectivity index (χ1v) is 8.26. The molecule has 0 saturated carbocycles. The van der Waals surface area contributed by atoms with Gasteiger partial charge >= 0.3 is 0 Å². The molecule has 2 aromatic carbocycles. The lowest BCUT2D eigenvalue weighted by molar-refractivity contribution is -0.247. The molecule has 22 heavy (non-hydrogen) atoms. The fraction of sp³-hybridized carbons (Fsp3) is 0.400. The number of hydrogen-bond acceptors (Lipinski definition) is 2. The normalized spacial score (nSPS) is 15.2. The zero-order chi connectivity index (χ0) is 15.4. The van der Waals surface area contributed by atoms with Crippen molar-refractivity contribution in [3.63, 3.8) is 0 Å². The number of benzene rings is 2. The van der Waals surface area contributed by atoms with E-state index in [4.69, 9.17) is 9.47 Å². The van der Waals surface area contributed by atoms with Crippen molar-refractivity contribution in [1.29, 1.82) is 0 Å². The Morgan fingerprint density at radius 2 is 1.41 bits per heavy atom. The number of ether oxygens (including phenoxy) is 2. The van der Waals surface area contributed by atoms with Crippen LogP contribution in [0.3, 0.4) is 0 Å². The van der Waals surface area contributed by atoms with Gasteiger partial charge in [-0.1, -0.05) is 62.4 Å². The van der Waals surface area contributed by atoms with Crippen LogP contribution in [0.4, 0.5) is 0 Å². The highest BCUT2D eigenvalue weighted by molar-refractivity contribution is 5.74. The molecule has 0 radical (unpaired) electrons. The van der Waals surface area contributed by atoms with E-state index < -0.39 is 5.79 Å². The van der Waals surface area contributed by atoms with Gasteiger partial charge in [0.15, 0.2) is 5.79 Å². The highest BCUT2D eigenvalue weighted by atomic mass is 16.7. The van der Waals surface area contributed by atoms with Gasteiger partial charge in [0.2, 0.25) is 0 Å². The number of hydrogen-bond donors (Lipinski definition) is 0. The van der Waals surface area contributed by atoms with Gasteiger partial charge in [0, 0.05) is 12.0 Å². The Bertz CT molecular complexity index is 625. The third kappa shape index (κ3) is 2.69. The SMILES string of the molecule is CCCOC1(OCCC)Cc2ccccc2-c2ccccc21. The van der Waals surface area contributed by atoms with Crippen LogP contribution in [0.2, 0.25) is 0 Å². The van der Waals surface area contributed by atoms with E-state index in [2.05, 4.69) is 62.4 Å². The summed E-state index contributed by atoms with van der Waals surface area (Å²) in [5.74, 6) is -0.642. The highest BCUT2D eigenvalue weighted by Crippen LogP contribution is 2.44. The average molecular weight is 296 g/mol. The first-order valence-electron chi connectivity index (χ1n) is 8.26. The van der Waals surface area contributed by atoms with Crippen LogP contribution in [0.15, 0.2) is 48.5 Å². The second-order valence-electron chi connectivity index (χ2n) is 5.83. The van der Waals surface area contributed by atoms with Crippen molar-refractivity contribution in [1.82, 2.24) is 0 Å². The van der Waals surface area contributed by atoms with Gasteiger partial charge < -0.3 is 9.47 Å². The average Bonchev–Trinajstić information content (AvgIpc) is 2.58. The van der Waals surface area contributed by atoms with Crippen molar-refractivity contribution in [3.8, 4) is 11.1 Å². The van der Waals surface area contributed by atoms with Crippen LogP contribution in [0.25, 0.3) is 11.1 Å². The van der Waals surface area contributed by atoms with Crippen molar-refractivity contribution in [2.45, 2.75) is 38.9 Å². The lowest BCUT2D eigenvalue weighted by Crippen LogP contribution is -2.39. The predicted molar refractivity (Wildman–Crippen MR) is 89.7 cm³/mol. The molecule has 0 heterocycles. The molecule has 0 fully saturated rings. The van der Waals surface area contributed by atoms with Crippen LogP contribution in [-0.2, 0) is 21.7 Å². The Hall–Kier alpha value is -1.64. The second kappa shape index (κ2) is 6.64. The van der Waals surface area contributed by atoms with Crippen LogP contribution < -0.4 is 0 Å². The first kappa shape index (κ1) is 15.3. The molecule has 2 nitrogen and oxygen atoms in total. The number of fused-ring (bicyclic) bond motifs is 3. The van der Waals surface area contributed by atoms with Crippen molar-refractivity contribution in [2.24, 2.45) is 0 Å². The monoisotopic (exact) mass is 296 g/mol. The summed E-state index contributed by atoms with van der Waals surface area (Å²) in [5.41, 5.74) is 4.99. The van der Waals surface area contributed by atoms with E-state index in [0.717, 1.165) is 24.8 Å². The van der Waals surface area contributed by atoms with Gasteiger partial charge in [-0.05, 0) is 29.5 Å². The van der Waals surface area contributed by atoms with Crippen LogP contribution in [0.1, 0.15) is 37.8 Å². The third-order valence-corrected chi connectivity index (χ3v) is 4.15. The quantitative estimate of drug-likeness (QED) is 0.705. The fourth-order valence-electron chi connectivity index (χ4n) is 3.17. The van der Waals surface area contributed by atoms with E-state index in [-0.39, 0.29) is 0 Å². The topological polar surface area (TPSA) is 18.5 Å². The molecular formula is C20H24O2. The molecule has 2 heteroatoms. The molecule has 3 rings (SSSR count). The van der Waals surface area contributed by atoms with Gasteiger partial charge in [-0.15, -0.1) is 0 Å².